The van der Waals surface area contributed by atoms with Crippen molar-refractivity contribution in [2.75, 3.05) is 11.9 Å². The van der Waals surface area contributed by atoms with Crippen molar-refractivity contribution in [3.8, 4) is 0 Å². The summed E-state index contributed by atoms with van der Waals surface area (Å²) in [5.41, 5.74) is 1.12. The predicted molar refractivity (Wildman–Crippen MR) is 74.3 cm³/mol. The zero-order valence-corrected chi connectivity index (χ0v) is 11.9. The lowest BCUT2D eigenvalue weighted by atomic mass is 10.3. The predicted octanol–water partition coefficient (Wildman–Crippen LogP) is 1.10. The van der Waals surface area contributed by atoms with Crippen LogP contribution in [0.3, 0.4) is 0 Å². The number of aromatic nitrogens is 3. The van der Waals surface area contributed by atoms with Gasteiger partial charge in [-0.25, -0.2) is 0 Å². The number of rotatable bonds is 6. The molecule has 0 fully saturated rings. The molecule has 1 unspecified atom stereocenters. The van der Waals surface area contributed by atoms with Crippen molar-refractivity contribution in [1.82, 2.24) is 20.3 Å². The molecule has 7 nitrogen and oxygen atoms in total. The van der Waals surface area contributed by atoms with Gasteiger partial charge in [0.2, 0.25) is 5.91 Å². The highest BCUT2D eigenvalue weighted by Gasteiger charge is 2.09. The topological polar surface area (TPSA) is 85.0 Å². The van der Waals surface area contributed by atoms with Crippen LogP contribution in [-0.2, 0) is 11.3 Å². The third-order valence-electron chi connectivity index (χ3n) is 2.73. The Kier molecular flexibility index (Phi) is 4.52. The number of nitrogens with one attached hydrogen (secondary N) is 2. The lowest BCUT2D eigenvalue weighted by Gasteiger charge is -2.13. The summed E-state index contributed by atoms with van der Waals surface area (Å²) in [6.07, 6.45) is 3.78. The molecule has 0 aliphatic heterocycles. The maximum atomic E-state index is 11.7. The fraction of sp³-hybridized carbons (Fsp3) is 0.462. The molecule has 2 heterocycles. The van der Waals surface area contributed by atoms with Gasteiger partial charge in [-0.15, -0.1) is 0 Å². The van der Waals surface area contributed by atoms with Gasteiger partial charge in [0.1, 0.15) is 5.76 Å². The maximum Gasteiger partial charge on any atom is 0.239 e. The van der Waals surface area contributed by atoms with Gasteiger partial charge in [-0.3, -0.25) is 9.48 Å². The lowest BCUT2D eigenvalue weighted by molar-refractivity contribution is -0.115. The van der Waals surface area contributed by atoms with Gasteiger partial charge in [0.05, 0.1) is 19.3 Å². The van der Waals surface area contributed by atoms with Gasteiger partial charge in [0.15, 0.2) is 5.82 Å². The minimum absolute atomic E-state index is 0.138. The first-order valence-electron chi connectivity index (χ1n) is 6.48. The van der Waals surface area contributed by atoms with E-state index in [-0.39, 0.29) is 18.5 Å². The van der Waals surface area contributed by atoms with E-state index in [1.807, 2.05) is 30.9 Å². The number of aryl methyl sites for hydroxylation is 2. The van der Waals surface area contributed by atoms with Crippen molar-refractivity contribution < 1.29 is 9.32 Å². The summed E-state index contributed by atoms with van der Waals surface area (Å²) < 4.78 is 6.73. The number of nitrogens with zero attached hydrogens (tertiary/aromatic N) is 3. The Hall–Kier alpha value is -2.15. The molecule has 0 radical (unpaired) electrons. The molecular formula is C13H19N5O2. The van der Waals surface area contributed by atoms with Crippen molar-refractivity contribution in [1.29, 1.82) is 0 Å². The van der Waals surface area contributed by atoms with Crippen LogP contribution in [0.25, 0.3) is 0 Å². The van der Waals surface area contributed by atoms with E-state index >= 15 is 0 Å². The summed E-state index contributed by atoms with van der Waals surface area (Å²) >= 11 is 0. The average molecular weight is 277 g/mol. The summed E-state index contributed by atoms with van der Waals surface area (Å²) in [6.45, 7) is 6.70. The first-order valence-corrected chi connectivity index (χ1v) is 6.48. The van der Waals surface area contributed by atoms with E-state index in [0.717, 1.165) is 5.56 Å². The molecule has 2 aromatic rings. The minimum atomic E-state index is -0.151. The molecule has 1 amide bonds. The van der Waals surface area contributed by atoms with Crippen molar-refractivity contribution in [2.45, 2.75) is 33.4 Å². The molecule has 2 aromatic heterocycles. The molecule has 7 heteroatoms. The highest BCUT2D eigenvalue weighted by atomic mass is 16.5. The maximum absolute atomic E-state index is 11.7. The molecule has 20 heavy (non-hydrogen) atoms. The van der Waals surface area contributed by atoms with E-state index in [2.05, 4.69) is 20.9 Å². The summed E-state index contributed by atoms with van der Waals surface area (Å²) in [5, 5.41) is 13.7. The normalized spacial score (nSPS) is 12.3. The fourth-order valence-electron chi connectivity index (χ4n) is 1.79. The van der Waals surface area contributed by atoms with Crippen LogP contribution in [0.2, 0.25) is 0 Å². The van der Waals surface area contributed by atoms with Gasteiger partial charge < -0.3 is 15.2 Å². The third-order valence-corrected chi connectivity index (χ3v) is 2.73. The number of carbonyl (C=O) groups is 1. The second-order valence-corrected chi connectivity index (χ2v) is 4.89. The van der Waals surface area contributed by atoms with Crippen LogP contribution < -0.4 is 10.6 Å². The van der Waals surface area contributed by atoms with Crippen molar-refractivity contribution >= 4 is 11.7 Å². The van der Waals surface area contributed by atoms with E-state index in [4.69, 9.17) is 4.52 Å². The summed E-state index contributed by atoms with van der Waals surface area (Å²) in [4.78, 5) is 11.7. The van der Waals surface area contributed by atoms with E-state index in [0.29, 0.717) is 18.1 Å². The Morgan fingerprint density at radius 3 is 2.90 bits per heavy atom. The van der Waals surface area contributed by atoms with Crippen molar-refractivity contribution in [3.05, 3.63) is 29.8 Å². The monoisotopic (exact) mass is 277 g/mol. The van der Waals surface area contributed by atoms with Gasteiger partial charge >= 0.3 is 0 Å². The molecule has 108 valence electrons. The molecule has 0 saturated carbocycles. The molecule has 0 aliphatic carbocycles. The van der Waals surface area contributed by atoms with Crippen LogP contribution in [0.1, 0.15) is 18.2 Å². The number of amides is 1. The van der Waals surface area contributed by atoms with Crippen LogP contribution >= 0.6 is 0 Å². The van der Waals surface area contributed by atoms with Crippen molar-refractivity contribution in [2.24, 2.45) is 0 Å². The number of anilines is 1. The van der Waals surface area contributed by atoms with Gasteiger partial charge in [-0.05, 0) is 26.3 Å². The molecule has 0 spiro atoms. The molecule has 0 aromatic carbocycles. The molecule has 2 N–H and O–H groups in total. The Balaban J connectivity index is 1.72. The quantitative estimate of drug-likeness (QED) is 0.826. The van der Waals surface area contributed by atoms with Crippen LogP contribution in [0, 0.1) is 13.8 Å². The zero-order chi connectivity index (χ0) is 14.5. The van der Waals surface area contributed by atoms with E-state index < -0.39 is 0 Å². The summed E-state index contributed by atoms with van der Waals surface area (Å²) in [7, 11) is 0. The minimum Gasteiger partial charge on any atom is -0.360 e. The number of carbonyl (C=O) groups excluding carboxylic acids is 1. The average Bonchev–Trinajstić information content (AvgIpc) is 2.96. The molecule has 2 rings (SSSR count). The largest absolute Gasteiger partial charge is 0.360 e. The highest BCUT2D eigenvalue weighted by molar-refractivity contribution is 5.91. The molecule has 1 atom stereocenters. The molecule has 0 bridgehead atoms. The third kappa shape index (κ3) is 4.20. The van der Waals surface area contributed by atoms with E-state index in [1.54, 1.807) is 13.0 Å². The SMILES string of the molecule is Cc1cnn(CC(C)NCC(=O)Nc2cc(C)on2)c1. The van der Waals surface area contributed by atoms with E-state index in [9.17, 15) is 4.79 Å². The smallest absolute Gasteiger partial charge is 0.239 e. The number of hydrogen-bond acceptors (Lipinski definition) is 5. The van der Waals surface area contributed by atoms with Gasteiger partial charge in [-0.2, -0.15) is 5.10 Å². The Morgan fingerprint density at radius 1 is 1.50 bits per heavy atom. The first-order chi connectivity index (χ1) is 9.52. The fourth-order valence-corrected chi connectivity index (χ4v) is 1.79. The molecule has 0 saturated heterocycles. The van der Waals surface area contributed by atoms with Crippen LogP contribution in [-0.4, -0.2) is 33.4 Å². The summed E-state index contributed by atoms with van der Waals surface area (Å²) in [5.74, 6) is 0.946. The number of hydrogen-bond donors (Lipinski definition) is 2. The van der Waals surface area contributed by atoms with Gasteiger partial charge in [0, 0.05) is 18.3 Å². The Morgan fingerprint density at radius 2 is 2.30 bits per heavy atom. The van der Waals surface area contributed by atoms with Gasteiger partial charge in [0.25, 0.3) is 0 Å². The van der Waals surface area contributed by atoms with Gasteiger partial charge in [-0.1, -0.05) is 5.16 Å². The Bertz CT molecular complexity index is 575. The lowest BCUT2D eigenvalue weighted by Crippen LogP contribution is -2.37. The zero-order valence-electron chi connectivity index (χ0n) is 11.9. The Labute approximate surface area is 117 Å². The second-order valence-electron chi connectivity index (χ2n) is 4.89. The second kappa shape index (κ2) is 6.33. The van der Waals surface area contributed by atoms with Crippen LogP contribution in [0.5, 0.6) is 0 Å². The molecular weight excluding hydrogens is 258 g/mol. The highest BCUT2D eigenvalue weighted by Crippen LogP contribution is 2.06. The van der Waals surface area contributed by atoms with E-state index in [1.165, 1.54) is 0 Å². The van der Waals surface area contributed by atoms with Crippen LogP contribution in [0.15, 0.2) is 23.0 Å². The van der Waals surface area contributed by atoms with Crippen molar-refractivity contribution in [3.63, 3.8) is 0 Å². The van der Waals surface area contributed by atoms with Crippen LogP contribution in [0.4, 0.5) is 5.82 Å². The molecule has 0 aliphatic rings. The standard InChI is InChI=1S/C13H19N5O2/c1-9-5-15-18(7-9)8-10(2)14-6-13(19)16-12-4-11(3)20-17-12/h4-5,7,10,14H,6,8H2,1-3H3,(H,16,17,19). The first kappa shape index (κ1) is 14.3. The summed E-state index contributed by atoms with van der Waals surface area (Å²) in [6, 6.07) is 1.81.